The molecule has 0 aliphatic carbocycles. The molecule has 0 fully saturated rings. The Balaban J connectivity index is 2.00. The van der Waals surface area contributed by atoms with Crippen LogP contribution in [0.2, 0.25) is 0 Å². The number of hydrogen-bond acceptors (Lipinski definition) is 2. The lowest BCUT2D eigenvalue weighted by atomic mass is 9.89. The van der Waals surface area contributed by atoms with Crippen molar-refractivity contribution in [3.05, 3.63) is 65.7 Å². The number of carbonyl (C=O) groups excluding carboxylic acids is 1. The first-order valence-electron chi connectivity index (χ1n) is 8.20. The third-order valence-corrected chi connectivity index (χ3v) is 5.49. The number of amides is 1. The Morgan fingerprint density at radius 1 is 1.00 bits per heavy atom. The molecular weight excluding hydrogens is 318 g/mol. The van der Waals surface area contributed by atoms with Gasteiger partial charge in [0.2, 0.25) is 5.91 Å². The monoisotopic (exact) mass is 343 g/mol. The van der Waals surface area contributed by atoms with Crippen molar-refractivity contribution in [2.24, 2.45) is 5.41 Å². The second kappa shape index (κ2) is 8.25. The van der Waals surface area contributed by atoms with Gasteiger partial charge in [-0.05, 0) is 29.7 Å². The molecule has 1 atom stereocenters. The van der Waals surface area contributed by atoms with E-state index in [1.165, 1.54) is 0 Å². The minimum atomic E-state index is -0.974. The highest BCUT2D eigenvalue weighted by Crippen LogP contribution is 2.23. The molecule has 128 valence electrons. The fraction of sp³-hybridized carbons (Fsp3) is 0.350. The summed E-state index contributed by atoms with van der Waals surface area (Å²) in [4.78, 5) is 12.3. The van der Waals surface area contributed by atoms with Crippen molar-refractivity contribution in [3.63, 3.8) is 0 Å². The summed E-state index contributed by atoms with van der Waals surface area (Å²) >= 11 is 0. The van der Waals surface area contributed by atoms with Crippen LogP contribution < -0.4 is 5.32 Å². The van der Waals surface area contributed by atoms with Gasteiger partial charge < -0.3 is 5.32 Å². The molecule has 0 aromatic heterocycles. The van der Waals surface area contributed by atoms with Crippen molar-refractivity contribution in [2.45, 2.75) is 38.7 Å². The third kappa shape index (κ3) is 5.31. The van der Waals surface area contributed by atoms with Gasteiger partial charge >= 0.3 is 0 Å². The van der Waals surface area contributed by atoms with Crippen LogP contribution in [0.1, 0.15) is 38.3 Å². The molecular formula is C20H25NO2S. The van der Waals surface area contributed by atoms with E-state index in [1.54, 1.807) is 0 Å². The summed E-state index contributed by atoms with van der Waals surface area (Å²) in [6.45, 7) is 5.87. The van der Waals surface area contributed by atoms with Gasteiger partial charge in [-0.1, -0.05) is 63.2 Å². The first kappa shape index (κ1) is 18.4. The zero-order chi connectivity index (χ0) is 17.6. The summed E-state index contributed by atoms with van der Waals surface area (Å²) in [7, 11) is -0.974. The normalized spacial score (nSPS) is 12.6. The van der Waals surface area contributed by atoms with E-state index in [9.17, 15) is 9.00 Å². The predicted molar refractivity (Wildman–Crippen MR) is 101 cm³/mol. The summed E-state index contributed by atoms with van der Waals surface area (Å²) in [5.74, 6) is 1.03. The molecule has 0 aliphatic heterocycles. The predicted octanol–water partition coefficient (Wildman–Crippen LogP) is 4.51. The van der Waals surface area contributed by atoms with E-state index >= 15 is 0 Å². The maximum absolute atomic E-state index is 12.3. The van der Waals surface area contributed by atoms with Crippen LogP contribution in [0, 0.1) is 5.41 Å². The first-order valence-corrected chi connectivity index (χ1v) is 9.69. The van der Waals surface area contributed by atoms with E-state index in [1.807, 2.05) is 75.4 Å². The third-order valence-electron chi connectivity index (χ3n) is 4.18. The average Bonchev–Trinajstić information content (AvgIpc) is 2.56. The lowest BCUT2D eigenvalue weighted by Gasteiger charge is -2.21. The topological polar surface area (TPSA) is 46.2 Å². The summed E-state index contributed by atoms with van der Waals surface area (Å²) in [6, 6.07) is 17.5. The van der Waals surface area contributed by atoms with Gasteiger partial charge in [0.05, 0.1) is 0 Å². The van der Waals surface area contributed by atoms with Gasteiger partial charge in [0.25, 0.3) is 0 Å². The molecule has 0 radical (unpaired) electrons. The highest BCUT2D eigenvalue weighted by molar-refractivity contribution is 7.83. The number of rotatable bonds is 7. The van der Waals surface area contributed by atoms with E-state index in [2.05, 4.69) is 5.32 Å². The van der Waals surface area contributed by atoms with E-state index in [4.69, 9.17) is 0 Å². The molecule has 24 heavy (non-hydrogen) atoms. The number of anilines is 1. The van der Waals surface area contributed by atoms with Gasteiger partial charge in [0.1, 0.15) is 0 Å². The molecule has 0 saturated heterocycles. The van der Waals surface area contributed by atoms with Gasteiger partial charge in [-0.2, -0.15) is 0 Å². The Labute approximate surface area is 146 Å². The van der Waals surface area contributed by atoms with Crippen LogP contribution in [0.3, 0.4) is 0 Å². The average molecular weight is 343 g/mol. The minimum absolute atomic E-state index is 0.00700. The van der Waals surface area contributed by atoms with Crippen LogP contribution in [0.5, 0.6) is 0 Å². The highest BCUT2D eigenvalue weighted by atomic mass is 32.2. The summed E-state index contributed by atoms with van der Waals surface area (Å²) in [5, 5.41) is 2.96. The van der Waals surface area contributed by atoms with Crippen LogP contribution in [-0.2, 0) is 27.1 Å². The fourth-order valence-corrected chi connectivity index (χ4v) is 3.41. The second-order valence-corrected chi connectivity index (χ2v) is 8.06. The molecule has 3 nitrogen and oxygen atoms in total. The van der Waals surface area contributed by atoms with E-state index in [0.717, 1.165) is 23.2 Å². The van der Waals surface area contributed by atoms with Crippen LogP contribution in [0.25, 0.3) is 0 Å². The molecule has 2 rings (SSSR count). The van der Waals surface area contributed by atoms with E-state index in [-0.39, 0.29) is 5.91 Å². The van der Waals surface area contributed by atoms with Crippen LogP contribution in [0.15, 0.2) is 54.6 Å². The van der Waals surface area contributed by atoms with E-state index < -0.39 is 16.2 Å². The molecule has 4 heteroatoms. The van der Waals surface area contributed by atoms with Crippen molar-refractivity contribution in [2.75, 3.05) is 5.32 Å². The molecule has 1 amide bonds. The molecule has 2 aromatic rings. The summed E-state index contributed by atoms with van der Waals surface area (Å²) < 4.78 is 12.3. The SMILES string of the molecule is CCC(C)(C)C(=O)Nc1cccc(C[S@](=O)Cc2ccccc2)c1. The van der Waals surface area contributed by atoms with Gasteiger partial charge in [0.15, 0.2) is 0 Å². The van der Waals surface area contributed by atoms with Gasteiger partial charge in [-0.15, -0.1) is 0 Å². The summed E-state index contributed by atoms with van der Waals surface area (Å²) in [6.07, 6.45) is 0.777. The molecule has 0 bridgehead atoms. The van der Waals surface area contributed by atoms with Crippen molar-refractivity contribution in [1.82, 2.24) is 0 Å². The van der Waals surface area contributed by atoms with Crippen molar-refractivity contribution in [1.29, 1.82) is 0 Å². The largest absolute Gasteiger partial charge is 0.326 e. The Bertz CT molecular complexity index is 711. The quantitative estimate of drug-likeness (QED) is 0.804. The molecule has 0 saturated carbocycles. The number of benzene rings is 2. The Morgan fingerprint density at radius 3 is 2.29 bits per heavy atom. The van der Waals surface area contributed by atoms with Crippen LogP contribution in [-0.4, -0.2) is 10.1 Å². The molecule has 0 unspecified atom stereocenters. The Kier molecular flexibility index (Phi) is 6.32. The molecule has 2 aromatic carbocycles. The Morgan fingerprint density at radius 2 is 1.62 bits per heavy atom. The molecule has 1 N–H and O–H groups in total. The zero-order valence-electron chi connectivity index (χ0n) is 14.5. The maximum Gasteiger partial charge on any atom is 0.230 e. The van der Waals surface area contributed by atoms with Crippen molar-refractivity contribution in [3.8, 4) is 0 Å². The lowest BCUT2D eigenvalue weighted by molar-refractivity contribution is -0.124. The fourth-order valence-electron chi connectivity index (χ4n) is 2.20. The van der Waals surface area contributed by atoms with E-state index in [0.29, 0.717) is 11.5 Å². The standard InChI is InChI=1S/C20H25NO2S/c1-4-20(2,3)19(22)21-18-12-8-11-17(13-18)15-24(23)14-16-9-6-5-7-10-16/h5-13H,4,14-15H2,1-3H3,(H,21,22)/t24-/m1/s1. The van der Waals surface area contributed by atoms with Gasteiger partial charge in [-0.3, -0.25) is 9.00 Å². The van der Waals surface area contributed by atoms with Gasteiger partial charge in [-0.25, -0.2) is 0 Å². The molecule has 0 heterocycles. The van der Waals surface area contributed by atoms with Gasteiger partial charge in [0, 0.05) is 33.4 Å². The Hall–Kier alpha value is -1.94. The number of hydrogen-bond donors (Lipinski definition) is 1. The van der Waals surface area contributed by atoms with Crippen molar-refractivity contribution >= 4 is 22.4 Å². The smallest absolute Gasteiger partial charge is 0.230 e. The molecule has 0 aliphatic rings. The highest BCUT2D eigenvalue weighted by Gasteiger charge is 2.25. The van der Waals surface area contributed by atoms with Crippen molar-refractivity contribution < 1.29 is 9.00 Å². The van der Waals surface area contributed by atoms with Crippen LogP contribution >= 0.6 is 0 Å². The number of carbonyl (C=O) groups is 1. The lowest BCUT2D eigenvalue weighted by Crippen LogP contribution is -2.30. The maximum atomic E-state index is 12.3. The molecule has 0 spiro atoms. The zero-order valence-corrected chi connectivity index (χ0v) is 15.4. The van der Waals surface area contributed by atoms with Crippen LogP contribution in [0.4, 0.5) is 5.69 Å². The summed E-state index contributed by atoms with van der Waals surface area (Å²) in [5.41, 5.74) is 2.41. The number of nitrogens with one attached hydrogen (secondary N) is 1. The minimum Gasteiger partial charge on any atom is -0.326 e. The first-order chi connectivity index (χ1) is 11.4. The second-order valence-electron chi connectivity index (χ2n) is 6.61.